The van der Waals surface area contributed by atoms with Crippen molar-refractivity contribution in [2.75, 3.05) is 47.6 Å². The zero-order valence-corrected chi connectivity index (χ0v) is 17.8. The van der Waals surface area contributed by atoms with Gasteiger partial charge in [-0.05, 0) is 35.9 Å². The minimum Gasteiger partial charge on any atom is -0.497 e. The standard InChI is InChI=1S/C23H25NO7/c1-27-17-6-7-18(21(15-17)28-2)19(25)8-4-16-5-9-20(22(14-16)29-3)31-23(26)24-10-12-30-13-11-24/h4-9,14-15H,10-13H2,1-3H3/b8-4+. The van der Waals surface area contributed by atoms with Crippen molar-refractivity contribution in [3.63, 3.8) is 0 Å². The molecule has 2 aromatic rings. The van der Waals surface area contributed by atoms with E-state index in [0.717, 1.165) is 0 Å². The van der Waals surface area contributed by atoms with Gasteiger partial charge >= 0.3 is 6.09 Å². The summed E-state index contributed by atoms with van der Waals surface area (Å²) in [4.78, 5) is 26.5. The number of nitrogens with zero attached hydrogens (tertiary/aromatic N) is 1. The lowest BCUT2D eigenvalue weighted by molar-refractivity contribution is 0.0413. The maximum absolute atomic E-state index is 12.6. The molecule has 2 aromatic carbocycles. The lowest BCUT2D eigenvalue weighted by Gasteiger charge is -2.26. The quantitative estimate of drug-likeness (QED) is 0.494. The van der Waals surface area contributed by atoms with Crippen LogP contribution in [0.4, 0.5) is 4.79 Å². The van der Waals surface area contributed by atoms with E-state index in [1.54, 1.807) is 54.5 Å². The van der Waals surface area contributed by atoms with Gasteiger partial charge in [-0.25, -0.2) is 4.79 Å². The molecule has 0 aliphatic carbocycles. The summed E-state index contributed by atoms with van der Waals surface area (Å²) in [5.74, 6) is 1.50. The van der Waals surface area contributed by atoms with Crippen LogP contribution in [-0.4, -0.2) is 64.4 Å². The van der Waals surface area contributed by atoms with Crippen LogP contribution in [0.5, 0.6) is 23.0 Å². The molecule has 1 aliphatic rings. The molecule has 8 nitrogen and oxygen atoms in total. The van der Waals surface area contributed by atoms with Gasteiger partial charge in [0.25, 0.3) is 0 Å². The predicted molar refractivity (Wildman–Crippen MR) is 114 cm³/mol. The Kier molecular flexibility index (Phi) is 7.50. The molecule has 0 radical (unpaired) electrons. The maximum atomic E-state index is 12.6. The van der Waals surface area contributed by atoms with E-state index in [4.69, 9.17) is 23.7 Å². The van der Waals surface area contributed by atoms with Crippen molar-refractivity contribution >= 4 is 18.0 Å². The van der Waals surface area contributed by atoms with Crippen molar-refractivity contribution < 1.29 is 33.3 Å². The molecule has 0 N–H and O–H groups in total. The molecule has 1 amide bonds. The average Bonchev–Trinajstić information content (AvgIpc) is 2.83. The first-order valence-electron chi connectivity index (χ1n) is 9.72. The molecule has 0 spiro atoms. The van der Waals surface area contributed by atoms with Crippen molar-refractivity contribution in [1.29, 1.82) is 0 Å². The van der Waals surface area contributed by atoms with Crippen LogP contribution >= 0.6 is 0 Å². The summed E-state index contributed by atoms with van der Waals surface area (Å²) >= 11 is 0. The number of carbonyl (C=O) groups excluding carboxylic acids is 2. The minimum atomic E-state index is -0.452. The number of rotatable bonds is 7. The summed E-state index contributed by atoms with van der Waals surface area (Å²) in [6.07, 6.45) is 2.65. The Morgan fingerprint density at radius 2 is 1.65 bits per heavy atom. The van der Waals surface area contributed by atoms with Gasteiger partial charge in [-0.3, -0.25) is 4.79 Å². The summed E-state index contributed by atoms with van der Waals surface area (Å²) in [6.45, 7) is 1.95. The first kappa shape index (κ1) is 22.2. The third-order valence-corrected chi connectivity index (χ3v) is 4.76. The molecule has 1 saturated heterocycles. The molecule has 0 atom stereocenters. The van der Waals surface area contributed by atoms with Crippen LogP contribution in [0.2, 0.25) is 0 Å². The molecule has 1 aliphatic heterocycles. The van der Waals surface area contributed by atoms with Crippen LogP contribution in [0.1, 0.15) is 15.9 Å². The fraction of sp³-hybridized carbons (Fsp3) is 0.304. The minimum absolute atomic E-state index is 0.221. The molecule has 1 heterocycles. The summed E-state index contributed by atoms with van der Waals surface area (Å²) in [7, 11) is 4.53. The number of amides is 1. The third-order valence-electron chi connectivity index (χ3n) is 4.76. The summed E-state index contributed by atoms with van der Waals surface area (Å²) in [5, 5.41) is 0. The van der Waals surface area contributed by atoms with Gasteiger partial charge in [-0.15, -0.1) is 0 Å². The molecule has 0 bridgehead atoms. The Bertz CT molecular complexity index is 964. The molecule has 8 heteroatoms. The number of allylic oxidation sites excluding steroid dienone is 1. The van der Waals surface area contributed by atoms with Crippen LogP contribution in [0.15, 0.2) is 42.5 Å². The number of ketones is 1. The van der Waals surface area contributed by atoms with E-state index in [1.165, 1.54) is 20.3 Å². The van der Waals surface area contributed by atoms with Gasteiger partial charge in [0.15, 0.2) is 17.3 Å². The first-order valence-corrected chi connectivity index (χ1v) is 9.72. The van der Waals surface area contributed by atoms with E-state index >= 15 is 0 Å². The molecule has 0 aromatic heterocycles. The van der Waals surface area contributed by atoms with Crippen LogP contribution in [-0.2, 0) is 4.74 Å². The van der Waals surface area contributed by atoms with Gasteiger partial charge in [0.2, 0.25) is 0 Å². The fourth-order valence-electron chi connectivity index (χ4n) is 3.04. The van der Waals surface area contributed by atoms with Crippen molar-refractivity contribution in [1.82, 2.24) is 4.90 Å². The highest BCUT2D eigenvalue weighted by atomic mass is 16.6. The number of benzene rings is 2. The normalized spacial score (nSPS) is 13.7. The highest BCUT2D eigenvalue weighted by molar-refractivity contribution is 6.08. The SMILES string of the molecule is COc1ccc(C(=O)/C=C/c2ccc(OC(=O)N3CCOCC3)c(OC)c2)c(OC)c1. The van der Waals surface area contributed by atoms with E-state index in [0.29, 0.717) is 60.4 Å². The maximum Gasteiger partial charge on any atom is 0.415 e. The molecule has 0 unspecified atom stereocenters. The van der Waals surface area contributed by atoms with Crippen LogP contribution in [0, 0.1) is 0 Å². The average molecular weight is 427 g/mol. The van der Waals surface area contributed by atoms with Crippen LogP contribution in [0.25, 0.3) is 6.08 Å². The molecule has 164 valence electrons. The second-order valence-electron chi connectivity index (χ2n) is 6.64. The Morgan fingerprint density at radius 3 is 2.32 bits per heavy atom. The van der Waals surface area contributed by atoms with E-state index in [9.17, 15) is 9.59 Å². The number of methoxy groups -OCH3 is 3. The molecular formula is C23H25NO7. The predicted octanol–water partition coefficient (Wildman–Crippen LogP) is 3.44. The van der Waals surface area contributed by atoms with Gasteiger partial charge in [0.05, 0.1) is 40.1 Å². The van der Waals surface area contributed by atoms with Crippen LogP contribution < -0.4 is 18.9 Å². The Balaban J connectivity index is 1.72. The van der Waals surface area contributed by atoms with Crippen molar-refractivity contribution in [2.24, 2.45) is 0 Å². The fourth-order valence-corrected chi connectivity index (χ4v) is 3.04. The van der Waals surface area contributed by atoms with Crippen molar-refractivity contribution in [3.8, 4) is 23.0 Å². The first-order chi connectivity index (χ1) is 15.0. The van der Waals surface area contributed by atoms with E-state index in [1.807, 2.05) is 0 Å². The molecule has 1 fully saturated rings. The molecule has 31 heavy (non-hydrogen) atoms. The summed E-state index contributed by atoms with van der Waals surface area (Å²) in [5.41, 5.74) is 1.13. The molecule has 0 saturated carbocycles. The van der Waals surface area contributed by atoms with E-state index in [-0.39, 0.29) is 5.78 Å². The number of morpholine rings is 1. The van der Waals surface area contributed by atoms with Gasteiger partial charge < -0.3 is 28.6 Å². The molecule has 3 rings (SSSR count). The van der Waals surface area contributed by atoms with Gasteiger partial charge in [-0.2, -0.15) is 0 Å². The van der Waals surface area contributed by atoms with Crippen LogP contribution in [0.3, 0.4) is 0 Å². The summed E-state index contributed by atoms with van der Waals surface area (Å²) < 4.78 is 26.5. The van der Waals surface area contributed by atoms with Gasteiger partial charge in [-0.1, -0.05) is 12.1 Å². The highest BCUT2D eigenvalue weighted by Gasteiger charge is 2.20. The molecular weight excluding hydrogens is 402 g/mol. The lowest BCUT2D eigenvalue weighted by atomic mass is 10.1. The second kappa shape index (κ2) is 10.5. The topological polar surface area (TPSA) is 83.5 Å². The number of ether oxygens (including phenoxy) is 5. The smallest absolute Gasteiger partial charge is 0.415 e. The number of carbonyl (C=O) groups is 2. The third kappa shape index (κ3) is 5.55. The number of hydrogen-bond acceptors (Lipinski definition) is 7. The van der Waals surface area contributed by atoms with Gasteiger partial charge in [0.1, 0.15) is 11.5 Å². The lowest BCUT2D eigenvalue weighted by Crippen LogP contribution is -2.42. The van der Waals surface area contributed by atoms with Crippen molar-refractivity contribution in [2.45, 2.75) is 0 Å². The van der Waals surface area contributed by atoms with Crippen molar-refractivity contribution in [3.05, 3.63) is 53.6 Å². The second-order valence-corrected chi connectivity index (χ2v) is 6.64. The number of hydrogen-bond donors (Lipinski definition) is 0. The zero-order chi connectivity index (χ0) is 22.2. The Labute approximate surface area is 180 Å². The Morgan fingerprint density at radius 1 is 0.903 bits per heavy atom. The summed E-state index contributed by atoms with van der Waals surface area (Å²) in [6, 6.07) is 10.1. The zero-order valence-electron chi connectivity index (χ0n) is 17.8. The van der Waals surface area contributed by atoms with E-state index in [2.05, 4.69) is 0 Å². The van der Waals surface area contributed by atoms with Gasteiger partial charge in [0, 0.05) is 19.2 Å². The largest absolute Gasteiger partial charge is 0.497 e. The Hall–Kier alpha value is -3.52. The highest BCUT2D eigenvalue weighted by Crippen LogP contribution is 2.30. The monoisotopic (exact) mass is 427 g/mol. The van der Waals surface area contributed by atoms with E-state index < -0.39 is 6.09 Å².